The van der Waals surface area contributed by atoms with Gasteiger partial charge in [0.1, 0.15) is 5.75 Å². The second-order valence-corrected chi connectivity index (χ2v) is 6.17. The molecule has 6 nitrogen and oxygen atoms in total. The number of rotatable bonds is 5. The highest BCUT2D eigenvalue weighted by molar-refractivity contribution is 7.80. The number of ether oxygens (including phenoxy) is 1. The van der Waals surface area contributed by atoms with Gasteiger partial charge in [0.25, 0.3) is 5.91 Å². The fourth-order valence-corrected chi connectivity index (χ4v) is 2.51. The quantitative estimate of drug-likeness (QED) is 0.614. The fraction of sp³-hybridized carbons (Fsp3) is 0.150. The topological polar surface area (TPSA) is 70.7 Å². The standard InChI is InChI=1S/C20H21N3O3S/c1-23(2)19(25)15-9-5-6-10-16(15)21-20(27)22-18(24)13-12-14-8-4-7-11-17(14)26-3/h4-13H,1-3H3,(H2,21,22,24,27)/b13-12+. The lowest BCUT2D eigenvalue weighted by Crippen LogP contribution is -2.33. The molecule has 0 radical (unpaired) electrons. The van der Waals surface area contributed by atoms with Gasteiger partial charge in [0.05, 0.1) is 18.4 Å². The average Bonchev–Trinajstić information content (AvgIpc) is 2.66. The third kappa shape index (κ3) is 5.65. The van der Waals surface area contributed by atoms with Crippen LogP contribution in [0.3, 0.4) is 0 Å². The minimum absolute atomic E-state index is 0.101. The highest BCUT2D eigenvalue weighted by atomic mass is 32.1. The van der Waals surface area contributed by atoms with Gasteiger partial charge in [-0.05, 0) is 36.5 Å². The Hall–Kier alpha value is -3.19. The third-order valence-electron chi connectivity index (χ3n) is 3.60. The maximum atomic E-state index is 12.2. The number of carbonyl (C=O) groups is 2. The van der Waals surface area contributed by atoms with Crippen molar-refractivity contribution in [2.24, 2.45) is 0 Å². The van der Waals surface area contributed by atoms with E-state index in [4.69, 9.17) is 17.0 Å². The van der Waals surface area contributed by atoms with Crippen LogP contribution in [0.4, 0.5) is 5.69 Å². The Labute approximate surface area is 163 Å². The number of methoxy groups -OCH3 is 1. The van der Waals surface area contributed by atoms with Gasteiger partial charge in [-0.2, -0.15) is 0 Å². The van der Waals surface area contributed by atoms with E-state index in [-0.39, 0.29) is 11.0 Å². The van der Waals surface area contributed by atoms with Gasteiger partial charge in [0.2, 0.25) is 5.91 Å². The first kappa shape index (κ1) is 20.1. The highest BCUT2D eigenvalue weighted by Crippen LogP contribution is 2.18. The average molecular weight is 383 g/mol. The number of thiocarbonyl (C=S) groups is 1. The Morgan fingerprint density at radius 2 is 1.74 bits per heavy atom. The molecular formula is C20H21N3O3S. The van der Waals surface area contributed by atoms with Crippen molar-refractivity contribution in [3.8, 4) is 5.75 Å². The molecule has 0 bridgehead atoms. The van der Waals surface area contributed by atoms with E-state index in [1.807, 2.05) is 24.3 Å². The Morgan fingerprint density at radius 3 is 2.44 bits per heavy atom. The van der Waals surface area contributed by atoms with Crippen LogP contribution in [0.15, 0.2) is 54.6 Å². The summed E-state index contributed by atoms with van der Waals surface area (Å²) in [5.74, 6) is 0.108. The van der Waals surface area contributed by atoms with E-state index in [2.05, 4.69) is 10.6 Å². The molecule has 2 N–H and O–H groups in total. The van der Waals surface area contributed by atoms with Crippen molar-refractivity contribution in [2.45, 2.75) is 0 Å². The van der Waals surface area contributed by atoms with Crippen molar-refractivity contribution in [2.75, 3.05) is 26.5 Å². The van der Waals surface area contributed by atoms with Gasteiger partial charge in [-0.3, -0.25) is 14.9 Å². The zero-order valence-corrected chi connectivity index (χ0v) is 16.2. The zero-order valence-electron chi connectivity index (χ0n) is 15.4. The molecule has 2 aromatic carbocycles. The van der Waals surface area contributed by atoms with E-state index in [9.17, 15) is 9.59 Å². The Kier molecular flexibility index (Phi) is 7.08. The maximum absolute atomic E-state index is 12.2. The van der Waals surface area contributed by atoms with Crippen molar-refractivity contribution < 1.29 is 14.3 Å². The van der Waals surface area contributed by atoms with Gasteiger partial charge < -0.3 is 15.0 Å². The van der Waals surface area contributed by atoms with Gasteiger partial charge in [-0.25, -0.2) is 0 Å². The van der Waals surface area contributed by atoms with Gasteiger partial charge in [0, 0.05) is 25.7 Å². The summed E-state index contributed by atoms with van der Waals surface area (Å²) in [6.07, 6.45) is 3.00. The van der Waals surface area contributed by atoms with Crippen LogP contribution >= 0.6 is 12.2 Å². The lowest BCUT2D eigenvalue weighted by atomic mass is 10.1. The molecule has 0 aliphatic rings. The van der Waals surface area contributed by atoms with E-state index in [0.717, 1.165) is 5.56 Å². The monoisotopic (exact) mass is 383 g/mol. The molecule has 0 saturated carbocycles. The smallest absolute Gasteiger partial charge is 0.255 e. The van der Waals surface area contributed by atoms with Crippen molar-refractivity contribution in [1.29, 1.82) is 0 Å². The van der Waals surface area contributed by atoms with Crippen LogP contribution in [0.1, 0.15) is 15.9 Å². The molecule has 2 aromatic rings. The molecular weight excluding hydrogens is 362 g/mol. The second-order valence-electron chi connectivity index (χ2n) is 5.76. The molecule has 0 aliphatic carbocycles. The summed E-state index contributed by atoms with van der Waals surface area (Å²) in [4.78, 5) is 25.8. The summed E-state index contributed by atoms with van der Waals surface area (Å²) in [5, 5.41) is 5.55. The van der Waals surface area contributed by atoms with Crippen LogP contribution in [0.2, 0.25) is 0 Å². The minimum atomic E-state index is -0.394. The number of nitrogens with one attached hydrogen (secondary N) is 2. The molecule has 0 fully saturated rings. The molecule has 0 heterocycles. The predicted octanol–water partition coefficient (Wildman–Crippen LogP) is 2.92. The number of hydrogen-bond acceptors (Lipinski definition) is 4. The first-order chi connectivity index (χ1) is 12.9. The van der Waals surface area contributed by atoms with Crippen LogP contribution in [0.25, 0.3) is 6.08 Å². The van der Waals surface area contributed by atoms with Crippen LogP contribution in [0.5, 0.6) is 5.75 Å². The van der Waals surface area contributed by atoms with E-state index >= 15 is 0 Å². The Balaban J connectivity index is 2.03. The minimum Gasteiger partial charge on any atom is -0.496 e. The van der Waals surface area contributed by atoms with Crippen LogP contribution < -0.4 is 15.4 Å². The largest absolute Gasteiger partial charge is 0.496 e. The molecule has 0 atom stereocenters. The van der Waals surface area contributed by atoms with Gasteiger partial charge in [0.15, 0.2) is 5.11 Å². The first-order valence-electron chi connectivity index (χ1n) is 8.16. The Morgan fingerprint density at radius 1 is 1.07 bits per heavy atom. The highest BCUT2D eigenvalue weighted by Gasteiger charge is 2.13. The summed E-state index contributed by atoms with van der Waals surface area (Å²) >= 11 is 5.18. The molecule has 27 heavy (non-hydrogen) atoms. The van der Waals surface area contributed by atoms with Crippen LogP contribution in [-0.2, 0) is 4.79 Å². The van der Waals surface area contributed by atoms with Crippen molar-refractivity contribution in [3.63, 3.8) is 0 Å². The fourth-order valence-electron chi connectivity index (χ4n) is 2.30. The predicted molar refractivity (Wildman–Crippen MR) is 111 cm³/mol. The van der Waals surface area contributed by atoms with E-state index in [1.165, 1.54) is 11.0 Å². The number of nitrogens with zero attached hydrogens (tertiary/aromatic N) is 1. The lowest BCUT2D eigenvalue weighted by molar-refractivity contribution is -0.115. The number of carbonyl (C=O) groups excluding carboxylic acids is 2. The molecule has 140 valence electrons. The SMILES string of the molecule is COc1ccccc1/C=C/C(=O)NC(=S)Nc1ccccc1C(=O)N(C)C. The molecule has 0 aliphatic heterocycles. The summed E-state index contributed by atoms with van der Waals surface area (Å²) in [5.41, 5.74) is 1.76. The van der Waals surface area contributed by atoms with Gasteiger partial charge >= 0.3 is 0 Å². The molecule has 0 saturated heterocycles. The van der Waals surface area contributed by atoms with E-state index in [1.54, 1.807) is 51.5 Å². The molecule has 2 amide bonds. The van der Waals surface area contributed by atoms with E-state index < -0.39 is 5.91 Å². The van der Waals surface area contributed by atoms with Crippen molar-refractivity contribution in [3.05, 3.63) is 65.7 Å². The summed E-state index contributed by atoms with van der Waals surface area (Å²) in [6.45, 7) is 0. The molecule has 7 heteroatoms. The number of para-hydroxylation sites is 2. The zero-order chi connectivity index (χ0) is 19.8. The molecule has 2 rings (SSSR count). The molecule has 0 spiro atoms. The van der Waals surface area contributed by atoms with Crippen LogP contribution in [-0.4, -0.2) is 43.0 Å². The summed E-state index contributed by atoms with van der Waals surface area (Å²) in [6, 6.07) is 14.3. The normalized spacial score (nSPS) is 10.3. The summed E-state index contributed by atoms with van der Waals surface area (Å²) in [7, 11) is 4.90. The Bertz CT molecular complexity index is 878. The first-order valence-corrected chi connectivity index (χ1v) is 8.57. The van der Waals surface area contributed by atoms with Gasteiger partial charge in [-0.1, -0.05) is 30.3 Å². The second kappa shape index (κ2) is 9.49. The number of amides is 2. The van der Waals surface area contributed by atoms with Gasteiger partial charge in [-0.15, -0.1) is 0 Å². The van der Waals surface area contributed by atoms with E-state index in [0.29, 0.717) is 17.0 Å². The molecule has 0 unspecified atom stereocenters. The van der Waals surface area contributed by atoms with Crippen LogP contribution in [0, 0.1) is 0 Å². The number of anilines is 1. The third-order valence-corrected chi connectivity index (χ3v) is 3.81. The lowest BCUT2D eigenvalue weighted by Gasteiger charge is -2.15. The number of hydrogen-bond donors (Lipinski definition) is 2. The van der Waals surface area contributed by atoms with Crippen molar-refractivity contribution in [1.82, 2.24) is 10.2 Å². The maximum Gasteiger partial charge on any atom is 0.255 e. The molecule has 0 aromatic heterocycles. The summed E-state index contributed by atoms with van der Waals surface area (Å²) < 4.78 is 5.24. The number of benzene rings is 2. The van der Waals surface area contributed by atoms with Crippen molar-refractivity contribution >= 4 is 40.9 Å².